The maximum Gasteiger partial charge on any atom is 0.228 e. The fourth-order valence-electron chi connectivity index (χ4n) is 2.78. The molecule has 1 N–H and O–H groups in total. The summed E-state index contributed by atoms with van der Waals surface area (Å²) in [5.41, 5.74) is 3.56. The Morgan fingerprint density at radius 2 is 1.84 bits per heavy atom. The van der Waals surface area contributed by atoms with Gasteiger partial charge < -0.3 is 5.32 Å². The van der Waals surface area contributed by atoms with Crippen molar-refractivity contribution in [1.29, 1.82) is 0 Å². The van der Waals surface area contributed by atoms with E-state index in [2.05, 4.69) is 15.4 Å². The largest absolute Gasteiger partial charge is 0.325 e. The van der Waals surface area contributed by atoms with Crippen molar-refractivity contribution in [3.8, 4) is 5.69 Å². The molecule has 2 aromatic carbocycles. The van der Waals surface area contributed by atoms with Gasteiger partial charge in [0.05, 0.1) is 23.3 Å². The van der Waals surface area contributed by atoms with Crippen molar-refractivity contribution in [1.82, 2.24) is 14.8 Å². The Hall–Kier alpha value is -3.47. The van der Waals surface area contributed by atoms with Crippen LogP contribution in [0.2, 0.25) is 0 Å². The second-order valence-corrected chi connectivity index (χ2v) is 5.72. The Kier molecular flexibility index (Phi) is 3.96. The van der Waals surface area contributed by atoms with Gasteiger partial charge in [-0.3, -0.25) is 9.78 Å². The lowest BCUT2D eigenvalue weighted by molar-refractivity contribution is -0.115. The van der Waals surface area contributed by atoms with E-state index in [9.17, 15) is 4.79 Å². The summed E-state index contributed by atoms with van der Waals surface area (Å²) in [4.78, 5) is 16.7. The maximum absolute atomic E-state index is 12.4. The highest BCUT2D eigenvalue weighted by atomic mass is 16.1. The van der Waals surface area contributed by atoms with Crippen molar-refractivity contribution in [2.75, 3.05) is 5.32 Å². The summed E-state index contributed by atoms with van der Waals surface area (Å²) >= 11 is 0. The number of carbonyl (C=O) groups excluding carboxylic acids is 1. The van der Waals surface area contributed by atoms with Gasteiger partial charge in [-0.15, -0.1) is 0 Å². The Bertz CT molecular complexity index is 1000. The molecular weight excluding hydrogens is 312 g/mol. The van der Waals surface area contributed by atoms with Crippen molar-refractivity contribution >= 4 is 22.5 Å². The first-order chi connectivity index (χ1) is 12.3. The van der Waals surface area contributed by atoms with Crippen LogP contribution in [0.3, 0.4) is 0 Å². The fraction of sp³-hybridized carbons (Fsp3) is 0.0500. The Labute approximate surface area is 144 Å². The number of anilines is 1. The van der Waals surface area contributed by atoms with Gasteiger partial charge in [0.15, 0.2) is 0 Å². The zero-order valence-electron chi connectivity index (χ0n) is 13.5. The molecule has 122 valence electrons. The minimum absolute atomic E-state index is 0.0526. The Morgan fingerprint density at radius 3 is 2.64 bits per heavy atom. The molecule has 0 saturated heterocycles. The summed E-state index contributed by atoms with van der Waals surface area (Å²) in [6.07, 6.45) is 5.68. The lowest BCUT2D eigenvalue weighted by Crippen LogP contribution is -2.14. The van der Waals surface area contributed by atoms with Crippen LogP contribution in [0.25, 0.3) is 16.6 Å². The van der Waals surface area contributed by atoms with Crippen LogP contribution in [0, 0.1) is 0 Å². The van der Waals surface area contributed by atoms with E-state index in [1.807, 2.05) is 66.9 Å². The molecule has 0 aliphatic carbocycles. The summed E-state index contributed by atoms with van der Waals surface area (Å²) < 4.78 is 1.78. The molecule has 0 atom stereocenters. The number of benzene rings is 2. The van der Waals surface area contributed by atoms with Crippen molar-refractivity contribution in [2.24, 2.45) is 0 Å². The molecule has 0 bridgehead atoms. The van der Waals surface area contributed by atoms with Crippen molar-refractivity contribution in [2.45, 2.75) is 6.42 Å². The number of aromatic nitrogens is 3. The summed E-state index contributed by atoms with van der Waals surface area (Å²) in [7, 11) is 0. The van der Waals surface area contributed by atoms with Crippen molar-refractivity contribution in [3.63, 3.8) is 0 Å². The molecule has 5 nitrogen and oxygen atoms in total. The quantitative estimate of drug-likeness (QED) is 0.622. The van der Waals surface area contributed by atoms with E-state index < -0.39 is 0 Å². The van der Waals surface area contributed by atoms with Gasteiger partial charge in [0.25, 0.3) is 0 Å². The van der Waals surface area contributed by atoms with Gasteiger partial charge in [0.2, 0.25) is 5.91 Å². The lowest BCUT2D eigenvalue weighted by atomic mass is 10.1. The molecule has 0 aliphatic rings. The number of nitrogens with one attached hydrogen (secondary N) is 1. The zero-order chi connectivity index (χ0) is 17.1. The minimum atomic E-state index is -0.0526. The number of pyridine rings is 1. The number of amides is 1. The second-order valence-electron chi connectivity index (χ2n) is 5.72. The fourth-order valence-corrected chi connectivity index (χ4v) is 2.78. The molecule has 4 rings (SSSR count). The molecular formula is C20H16N4O. The highest BCUT2D eigenvalue weighted by Gasteiger charge is 2.07. The number of rotatable bonds is 4. The van der Waals surface area contributed by atoms with E-state index in [1.165, 1.54) is 0 Å². The van der Waals surface area contributed by atoms with Gasteiger partial charge in [-0.25, -0.2) is 4.68 Å². The molecule has 25 heavy (non-hydrogen) atoms. The second kappa shape index (κ2) is 6.57. The molecule has 4 aromatic rings. The molecule has 0 saturated carbocycles. The highest BCUT2D eigenvalue weighted by Crippen LogP contribution is 2.21. The summed E-state index contributed by atoms with van der Waals surface area (Å²) in [5, 5.41) is 8.11. The Morgan fingerprint density at radius 1 is 0.960 bits per heavy atom. The first kappa shape index (κ1) is 15.1. The Balaban J connectivity index is 1.48. The SMILES string of the molecule is O=C(Cc1ccc(-n2cccn2)cc1)Nc1cccc2ncccc12. The summed E-state index contributed by atoms with van der Waals surface area (Å²) in [6, 6.07) is 19.2. The molecule has 2 aromatic heterocycles. The number of hydrogen-bond acceptors (Lipinski definition) is 3. The number of hydrogen-bond donors (Lipinski definition) is 1. The number of carbonyl (C=O) groups is 1. The molecule has 0 unspecified atom stereocenters. The lowest BCUT2D eigenvalue weighted by Gasteiger charge is -2.09. The first-order valence-electron chi connectivity index (χ1n) is 8.02. The topological polar surface area (TPSA) is 59.8 Å². The minimum Gasteiger partial charge on any atom is -0.325 e. The average Bonchev–Trinajstić information content (AvgIpc) is 3.17. The van der Waals surface area contributed by atoms with Crippen molar-refractivity contribution < 1.29 is 4.79 Å². The number of nitrogens with zero attached hydrogens (tertiary/aromatic N) is 3. The molecule has 5 heteroatoms. The third-order valence-electron chi connectivity index (χ3n) is 3.99. The van der Waals surface area contributed by atoms with Crippen LogP contribution in [-0.2, 0) is 11.2 Å². The average molecular weight is 328 g/mol. The zero-order valence-corrected chi connectivity index (χ0v) is 13.5. The molecule has 0 fully saturated rings. The van der Waals surface area contributed by atoms with Gasteiger partial charge in [-0.1, -0.05) is 18.2 Å². The van der Waals surface area contributed by atoms with Crippen LogP contribution < -0.4 is 5.32 Å². The molecule has 0 radical (unpaired) electrons. The van der Waals surface area contributed by atoms with Crippen LogP contribution in [-0.4, -0.2) is 20.7 Å². The van der Waals surface area contributed by atoms with Gasteiger partial charge in [0.1, 0.15) is 0 Å². The maximum atomic E-state index is 12.4. The molecule has 2 heterocycles. The third-order valence-corrected chi connectivity index (χ3v) is 3.99. The van der Waals surface area contributed by atoms with Gasteiger partial charge in [-0.05, 0) is 48.0 Å². The smallest absolute Gasteiger partial charge is 0.228 e. The predicted octanol–water partition coefficient (Wildman–Crippen LogP) is 3.60. The standard InChI is InChI=1S/C20H16N4O/c25-20(23-19-6-1-5-18-17(19)4-2-11-21-18)14-15-7-9-16(10-8-15)24-13-3-12-22-24/h1-13H,14H2,(H,23,25). The van der Waals surface area contributed by atoms with Crippen LogP contribution >= 0.6 is 0 Å². The summed E-state index contributed by atoms with van der Waals surface area (Å²) in [5.74, 6) is -0.0526. The van der Waals surface area contributed by atoms with E-state index in [-0.39, 0.29) is 5.91 Å². The van der Waals surface area contributed by atoms with E-state index in [4.69, 9.17) is 0 Å². The normalized spacial score (nSPS) is 10.7. The monoisotopic (exact) mass is 328 g/mol. The third kappa shape index (κ3) is 3.26. The van der Waals surface area contributed by atoms with Crippen LogP contribution in [0.1, 0.15) is 5.56 Å². The van der Waals surface area contributed by atoms with E-state index in [0.29, 0.717) is 6.42 Å². The van der Waals surface area contributed by atoms with Crippen LogP contribution in [0.15, 0.2) is 79.3 Å². The molecule has 1 amide bonds. The van der Waals surface area contributed by atoms with E-state index >= 15 is 0 Å². The van der Waals surface area contributed by atoms with Crippen LogP contribution in [0.5, 0.6) is 0 Å². The highest BCUT2D eigenvalue weighted by molar-refractivity contribution is 6.01. The van der Waals surface area contributed by atoms with E-state index in [0.717, 1.165) is 27.8 Å². The predicted molar refractivity (Wildman–Crippen MR) is 97.6 cm³/mol. The van der Waals surface area contributed by atoms with Crippen molar-refractivity contribution in [3.05, 3.63) is 84.8 Å². The molecule has 0 spiro atoms. The first-order valence-corrected chi connectivity index (χ1v) is 8.02. The summed E-state index contributed by atoms with van der Waals surface area (Å²) in [6.45, 7) is 0. The van der Waals surface area contributed by atoms with Gasteiger partial charge >= 0.3 is 0 Å². The van der Waals surface area contributed by atoms with Crippen LogP contribution in [0.4, 0.5) is 5.69 Å². The van der Waals surface area contributed by atoms with E-state index in [1.54, 1.807) is 17.1 Å². The number of fused-ring (bicyclic) bond motifs is 1. The van der Waals surface area contributed by atoms with Gasteiger partial charge in [-0.2, -0.15) is 5.10 Å². The molecule has 0 aliphatic heterocycles. The van der Waals surface area contributed by atoms with Gasteiger partial charge in [0, 0.05) is 24.0 Å².